The highest BCUT2D eigenvalue weighted by Crippen LogP contribution is 2.17. The number of halogens is 1. The third-order valence-corrected chi connectivity index (χ3v) is 4.18. The molecule has 5 nitrogen and oxygen atoms in total. The van der Waals surface area contributed by atoms with Gasteiger partial charge in [-0.3, -0.25) is 4.90 Å². The number of β-amino-alcohol motifs (C(OH)–C–C–N with tert-alkyl or cyclic N) is 1. The minimum Gasteiger partial charge on any atom is -0.387 e. The lowest BCUT2D eigenvalue weighted by Crippen LogP contribution is -2.49. The minimum atomic E-state index is -0.792. The fourth-order valence-electron chi connectivity index (χ4n) is 2.22. The summed E-state index contributed by atoms with van der Waals surface area (Å²) in [5, 5.41) is 13.7. The molecule has 1 aromatic heterocycles. The van der Waals surface area contributed by atoms with E-state index in [0.29, 0.717) is 13.1 Å². The van der Waals surface area contributed by atoms with Crippen molar-refractivity contribution in [1.82, 2.24) is 9.88 Å². The quantitative estimate of drug-likeness (QED) is 0.851. The van der Waals surface area contributed by atoms with Gasteiger partial charge in [0.25, 0.3) is 0 Å². The molecule has 1 aliphatic heterocycles. The van der Waals surface area contributed by atoms with E-state index >= 15 is 0 Å². The van der Waals surface area contributed by atoms with Gasteiger partial charge in [0.1, 0.15) is 5.82 Å². The van der Waals surface area contributed by atoms with E-state index in [4.69, 9.17) is 4.74 Å². The molecule has 1 aliphatic rings. The zero-order chi connectivity index (χ0) is 14.6. The molecule has 20 heavy (non-hydrogen) atoms. The van der Waals surface area contributed by atoms with Gasteiger partial charge >= 0.3 is 0 Å². The third-order valence-electron chi connectivity index (χ3n) is 3.34. The van der Waals surface area contributed by atoms with Crippen LogP contribution in [-0.4, -0.2) is 60.0 Å². The van der Waals surface area contributed by atoms with E-state index in [1.165, 1.54) is 0 Å². The lowest BCUT2D eigenvalue weighted by atomic mass is 10.1. The molecule has 0 saturated carbocycles. The fourth-order valence-corrected chi connectivity index (χ4v) is 2.44. The van der Waals surface area contributed by atoms with Gasteiger partial charge in [-0.05, 0) is 41.9 Å². The van der Waals surface area contributed by atoms with Crippen molar-refractivity contribution in [3.05, 3.63) is 22.3 Å². The van der Waals surface area contributed by atoms with Crippen LogP contribution in [0.4, 0.5) is 5.82 Å². The standard InChI is InChI=1S/C14H22BrN3O2/c1-11-12(15)3-4-13(17-11)16-9-14(2,19)10-18-5-7-20-8-6-18/h3-4,19H,5-10H2,1-2H3,(H,16,17)/t14-/m0/s1. The first-order chi connectivity index (χ1) is 9.46. The van der Waals surface area contributed by atoms with Crippen LogP contribution in [0.25, 0.3) is 0 Å². The van der Waals surface area contributed by atoms with Crippen LogP contribution in [0.15, 0.2) is 16.6 Å². The first-order valence-electron chi connectivity index (χ1n) is 6.86. The van der Waals surface area contributed by atoms with E-state index in [9.17, 15) is 5.11 Å². The number of hydrogen-bond donors (Lipinski definition) is 2. The second-order valence-electron chi connectivity index (χ2n) is 5.50. The van der Waals surface area contributed by atoms with E-state index in [2.05, 4.69) is 31.1 Å². The summed E-state index contributed by atoms with van der Waals surface area (Å²) in [5.41, 5.74) is 0.142. The van der Waals surface area contributed by atoms with E-state index < -0.39 is 5.60 Å². The highest BCUT2D eigenvalue weighted by Gasteiger charge is 2.25. The summed E-state index contributed by atoms with van der Waals surface area (Å²) in [4.78, 5) is 6.65. The van der Waals surface area contributed by atoms with Crippen molar-refractivity contribution in [1.29, 1.82) is 0 Å². The summed E-state index contributed by atoms with van der Waals surface area (Å²) >= 11 is 3.43. The van der Waals surface area contributed by atoms with Crippen molar-refractivity contribution in [2.45, 2.75) is 19.4 Å². The molecule has 2 heterocycles. The van der Waals surface area contributed by atoms with Crippen LogP contribution in [0, 0.1) is 6.92 Å². The molecular weight excluding hydrogens is 322 g/mol. The molecule has 1 saturated heterocycles. The summed E-state index contributed by atoms with van der Waals surface area (Å²) in [6.45, 7) is 8.16. The number of aromatic nitrogens is 1. The molecule has 2 rings (SSSR count). The Morgan fingerprint density at radius 2 is 2.15 bits per heavy atom. The fraction of sp³-hybridized carbons (Fsp3) is 0.643. The highest BCUT2D eigenvalue weighted by atomic mass is 79.9. The van der Waals surface area contributed by atoms with Crippen molar-refractivity contribution in [2.75, 3.05) is 44.7 Å². The van der Waals surface area contributed by atoms with E-state index in [1.54, 1.807) is 0 Å². The summed E-state index contributed by atoms with van der Waals surface area (Å²) < 4.78 is 6.30. The van der Waals surface area contributed by atoms with Gasteiger partial charge in [-0.25, -0.2) is 4.98 Å². The Hall–Kier alpha value is -0.690. The van der Waals surface area contributed by atoms with Crippen LogP contribution < -0.4 is 5.32 Å². The Kier molecular flexibility index (Phi) is 5.37. The Balaban J connectivity index is 1.85. The molecule has 0 bridgehead atoms. The highest BCUT2D eigenvalue weighted by molar-refractivity contribution is 9.10. The zero-order valence-electron chi connectivity index (χ0n) is 12.0. The van der Waals surface area contributed by atoms with Crippen molar-refractivity contribution in [3.63, 3.8) is 0 Å². The molecule has 2 N–H and O–H groups in total. The summed E-state index contributed by atoms with van der Waals surface area (Å²) in [5.74, 6) is 0.785. The van der Waals surface area contributed by atoms with Crippen molar-refractivity contribution < 1.29 is 9.84 Å². The van der Waals surface area contributed by atoms with E-state index in [0.717, 1.165) is 42.3 Å². The normalized spacial score (nSPS) is 19.6. The number of ether oxygens (including phenoxy) is 1. The summed E-state index contributed by atoms with van der Waals surface area (Å²) in [6.07, 6.45) is 0. The third kappa shape index (κ3) is 4.70. The molecule has 0 spiro atoms. The number of anilines is 1. The van der Waals surface area contributed by atoms with E-state index in [-0.39, 0.29) is 0 Å². The summed E-state index contributed by atoms with van der Waals surface area (Å²) in [7, 11) is 0. The van der Waals surface area contributed by atoms with Crippen LogP contribution >= 0.6 is 15.9 Å². The van der Waals surface area contributed by atoms with Gasteiger partial charge in [-0.15, -0.1) is 0 Å². The number of aryl methyl sites for hydroxylation is 1. The molecule has 0 amide bonds. The van der Waals surface area contributed by atoms with Crippen molar-refractivity contribution in [2.24, 2.45) is 0 Å². The molecule has 1 atom stereocenters. The molecule has 0 unspecified atom stereocenters. The van der Waals surface area contributed by atoms with Crippen LogP contribution in [0.5, 0.6) is 0 Å². The maximum absolute atomic E-state index is 10.5. The predicted octanol–water partition coefficient (Wildman–Crippen LogP) is 1.65. The van der Waals surface area contributed by atoms with Gasteiger partial charge in [-0.1, -0.05) is 0 Å². The number of nitrogens with one attached hydrogen (secondary N) is 1. The molecule has 1 aromatic rings. The second-order valence-corrected chi connectivity index (χ2v) is 6.36. The second kappa shape index (κ2) is 6.85. The number of hydrogen-bond acceptors (Lipinski definition) is 5. The number of rotatable bonds is 5. The molecule has 0 aromatic carbocycles. The maximum atomic E-state index is 10.5. The number of morpholine rings is 1. The lowest BCUT2D eigenvalue weighted by molar-refractivity contribution is -0.0164. The monoisotopic (exact) mass is 343 g/mol. The van der Waals surface area contributed by atoms with Gasteiger partial charge < -0.3 is 15.2 Å². The number of aliphatic hydroxyl groups is 1. The van der Waals surface area contributed by atoms with Gasteiger partial charge in [0.15, 0.2) is 0 Å². The number of pyridine rings is 1. The van der Waals surface area contributed by atoms with Crippen molar-refractivity contribution >= 4 is 21.7 Å². The SMILES string of the molecule is Cc1nc(NC[C@](C)(O)CN2CCOCC2)ccc1Br. The molecule has 6 heteroatoms. The predicted molar refractivity (Wildman–Crippen MR) is 83.0 cm³/mol. The Bertz CT molecular complexity index is 448. The van der Waals surface area contributed by atoms with Gasteiger partial charge in [-0.2, -0.15) is 0 Å². The lowest BCUT2D eigenvalue weighted by Gasteiger charge is -2.34. The average Bonchev–Trinajstić information content (AvgIpc) is 2.41. The molecule has 1 fully saturated rings. The van der Waals surface area contributed by atoms with Crippen LogP contribution in [0.2, 0.25) is 0 Å². The van der Waals surface area contributed by atoms with Crippen LogP contribution in [0.3, 0.4) is 0 Å². The van der Waals surface area contributed by atoms with Gasteiger partial charge in [0.05, 0.1) is 24.5 Å². The molecular formula is C14H22BrN3O2. The molecule has 0 radical (unpaired) electrons. The Labute approximate surface area is 128 Å². The minimum absolute atomic E-state index is 0.471. The molecule has 112 valence electrons. The van der Waals surface area contributed by atoms with Crippen LogP contribution in [-0.2, 0) is 4.74 Å². The van der Waals surface area contributed by atoms with Gasteiger partial charge in [0.2, 0.25) is 0 Å². The van der Waals surface area contributed by atoms with Crippen molar-refractivity contribution in [3.8, 4) is 0 Å². The first kappa shape index (κ1) is 15.7. The maximum Gasteiger partial charge on any atom is 0.126 e. The first-order valence-corrected chi connectivity index (χ1v) is 7.65. The zero-order valence-corrected chi connectivity index (χ0v) is 13.6. The Morgan fingerprint density at radius 1 is 1.45 bits per heavy atom. The number of nitrogens with zero attached hydrogens (tertiary/aromatic N) is 2. The smallest absolute Gasteiger partial charge is 0.126 e. The van der Waals surface area contributed by atoms with Gasteiger partial charge in [0, 0.05) is 30.7 Å². The average molecular weight is 344 g/mol. The topological polar surface area (TPSA) is 57.6 Å². The van der Waals surface area contributed by atoms with E-state index in [1.807, 2.05) is 26.0 Å². The largest absolute Gasteiger partial charge is 0.387 e. The summed E-state index contributed by atoms with van der Waals surface area (Å²) in [6, 6.07) is 3.86. The molecule has 0 aliphatic carbocycles. The Morgan fingerprint density at radius 3 is 2.80 bits per heavy atom. The van der Waals surface area contributed by atoms with Crippen LogP contribution in [0.1, 0.15) is 12.6 Å².